The van der Waals surface area contributed by atoms with Gasteiger partial charge in [-0.05, 0) is 6.92 Å². The van der Waals surface area contributed by atoms with Crippen LogP contribution in [0.3, 0.4) is 0 Å². The molecule has 3 nitrogen and oxygen atoms in total. The van der Waals surface area contributed by atoms with Crippen LogP contribution in [0.5, 0.6) is 0 Å². The number of rotatable bonds is 0. The molecule has 0 unspecified atom stereocenters. The third kappa shape index (κ3) is 0.804. The molecule has 0 aromatic heterocycles. The zero-order chi connectivity index (χ0) is 5.98. The third-order valence-electron chi connectivity index (χ3n) is 0.934. The molecule has 0 radical (unpaired) electrons. The van der Waals surface area contributed by atoms with Crippen molar-refractivity contribution in [3.05, 3.63) is 11.8 Å². The van der Waals surface area contributed by atoms with Crippen molar-refractivity contribution in [2.24, 2.45) is 0 Å². The van der Waals surface area contributed by atoms with Crippen molar-refractivity contribution >= 4 is 5.91 Å². The van der Waals surface area contributed by atoms with Crippen LogP contribution >= 0.6 is 0 Å². The zero-order valence-corrected chi connectivity index (χ0v) is 4.60. The number of carbonyl (C=O) groups excluding carboxylic acids is 1. The summed E-state index contributed by atoms with van der Waals surface area (Å²) >= 11 is 0. The fourth-order valence-corrected chi connectivity index (χ4v) is 0.467. The lowest BCUT2D eigenvalue weighted by Gasteiger charge is -2.10. The molecule has 1 aliphatic heterocycles. The molecule has 0 fully saturated rings. The summed E-state index contributed by atoms with van der Waals surface area (Å²) in [5.41, 5.74) is 0.622. The van der Waals surface area contributed by atoms with Gasteiger partial charge in [-0.1, -0.05) is 0 Å². The SMILES string of the molecule is CC1=COCNC1=O. The molecule has 1 rings (SSSR count). The van der Waals surface area contributed by atoms with Crippen LogP contribution in [0.25, 0.3) is 0 Å². The Hall–Kier alpha value is -0.990. The van der Waals surface area contributed by atoms with E-state index in [2.05, 4.69) is 5.32 Å². The Kier molecular flexibility index (Phi) is 1.20. The van der Waals surface area contributed by atoms with Crippen LogP contribution in [0.4, 0.5) is 0 Å². The van der Waals surface area contributed by atoms with E-state index in [1.165, 1.54) is 6.26 Å². The molecule has 0 atom stereocenters. The lowest BCUT2D eigenvalue weighted by Crippen LogP contribution is -2.29. The highest BCUT2D eigenvalue weighted by molar-refractivity contribution is 5.92. The Bertz CT molecular complexity index is 139. The van der Waals surface area contributed by atoms with E-state index in [-0.39, 0.29) is 5.91 Å². The van der Waals surface area contributed by atoms with E-state index in [1.807, 2.05) is 0 Å². The molecule has 1 heterocycles. The van der Waals surface area contributed by atoms with E-state index in [0.29, 0.717) is 12.3 Å². The maximum Gasteiger partial charge on any atom is 0.252 e. The summed E-state index contributed by atoms with van der Waals surface area (Å²) in [4.78, 5) is 10.5. The van der Waals surface area contributed by atoms with Crippen molar-refractivity contribution in [3.8, 4) is 0 Å². The molecule has 1 amide bonds. The second-order valence-corrected chi connectivity index (χ2v) is 1.62. The van der Waals surface area contributed by atoms with Gasteiger partial charge in [0.15, 0.2) is 6.73 Å². The smallest absolute Gasteiger partial charge is 0.252 e. The van der Waals surface area contributed by atoms with E-state index in [4.69, 9.17) is 4.74 Å². The highest BCUT2D eigenvalue weighted by Gasteiger charge is 2.06. The number of amides is 1. The number of hydrogen-bond acceptors (Lipinski definition) is 2. The average Bonchev–Trinajstić information content (AvgIpc) is 1.77. The maximum atomic E-state index is 10.5. The number of ether oxygens (including phenoxy) is 1. The highest BCUT2D eigenvalue weighted by Crippen LogP contribution is 1.96. The molecule has 1 aliphatic rings. The molecular formula is C5H7NO2. The summed E-state index contributed by atoms with van der Waals surface area (Å²) in [5.74, 6) is -0.0451. The van der Waals surface area contributed by atoms with Crippen molar-refractivity contribution in [1.82, 2.24) is 5.32 Å². The Morgan fingerprint density at radius 1 is 1.88 bits per heavy atom. The standard InChI is InChI=1S/C5H7NO2/c1-4-2-8-3-6-5(4)7/h2H,3H2,1H3,(H,6,7). The Morgan fingerprint density at radius 2 is 2.62 bits per heavy atom. The Morgan fingerprint density at radius 3 is 3.00 bits per heavy atom. The molecule has 44 valence electrons. The number of carbonyl (C=O) groups is 1. The van der Waals surface area contributed by atoms with Crippen LogP contribution in [0, 0.1) is 0 Å². The van der Waals surface area contributed by atoms with Gasteiger partial charge < -0.3 is 10.1 Å². The van der Waals surface area contributed by atoms with Crippen molar-refractivity contribution in [1.29, 1.82) is 0 Å². The van der Waals surface area contributed by atoms with Gasteiger partial charge in [-0.2, -0.15) is 0 Å². The molecule has 0 aliphatic carbocycles. The van der Waals surface area contributed by atoms with Gasteiger partial charge in [0.05, 0.1) is 6.26 Å². The van der Waals surface area contributed by atoms with Gasteiger partial charge in [-0.15, -0.1) is 0 Å². The van der Waals surface area contributed by atoms with E-state index < -0.39 is 0 Å². The van der Waals surface area contributed by atoms with Crippen molar-refractivity contribution in [3.63, 3.8) is 0 Å². The minimum Gasteiger partial charge on any atom is -0.480 e. The van der Waals surface area contributed by atoms with Gasteiger partial charge in [-0.3, -0.25) is 4.79 Å². The fraction of sp³-hybridized carbons (Fsp3) is 0.400. The fourth-order valence-electron chi connectivity index (χ4n) is 0.467. The van der Waals surface area contributed by atoms with Gasteiger partial charge in [0.2, 0.25) is 0 Å². The summed E-state index contributed by atoms with van der Waals surface area (Å²) in [5, 5.41) is 2.50. The summed E-state index contributed by atoms with van der Waals surface area (Å²) in [6.07, 6.45) is 1.46. The molecule has 1 N–H and O–H groups in total. The lowest BCUT2D eigenvalue weighted by molar-refractivity contribution is -0.119. The van der Waals surface area contributed by atoms with Crippen LogP contribution in [0.2, 0.25) is 0 Å². The van der Waals surface area contributed by atoms with Gasteiger partial charge in [-0.25, -0.2) is 0 Å². The first-order valence-electron chi connectivity index (χ1n) is 2.37. The van der Waals surface area contributed by atoms with E-state index in [0.717, 1.165) is 0 Å². The van der Waals surface area contributed by atoms with Crippen LogP contribution in [-0.2, 0) is 9.53 Å². The Labute approximate surface area is 47.3 Å². The molecule has 0 bridgehead atoms. The van der Waals surface area contributed by atoms with Crippen molar-refractivity contribution in [2.45, 2.75) is 6.92 Å². The van der Waals surface area contributed by atoms with E-state index >= 15 is 0 Å². The van der Waals surface area contributed by atoms with Gasteiger partial charge in [0.1, 0.15) is 0 Å². The number of hydrogen-bond donors (Lipinski definition) is 1. The van der Waals surface area contributed by atoms with E-state index in [9.17, 15) is 4.79 Å². The molecule has 3 heteroatoms. The van der Waals surface area contributed by atoms with Crippen LogP contribution in [0.1, 0.15) is 6.92 Å². The summed E-state index contributed by atoms with van der Waals surface area (Å²) in [6, 6.07) is 0. The molecule has 0 spiro atoms. The first-order valence-corrected chi connectivity index (χ1v) is 2.37. The normalized spacial score (nSPS) is 18.6. The predicted molar refractivity (Wildman–Crippen MR) is 27.9 cm³/mol. The minimum atomic E-state index is -0.0451. The maximum absolute atomic E-state index is 10.5. The second-order valence-electron chi connectivity index (χ2n) is 1.62. The zero-order valence-electron chi connectivity index (χ0n) is 4.60. The summed E-state index contributed by atoms with van der Waals surface area (Å²) < 4.78 is 4.76. The largest absolute Gasteiger partial charge is 0.480 e. The van der Waals surface area contributed by atoms with Gasteiger partial charge in [0.25, 0.3) is 5.91 Å². The topological polar surface area (TPSA) is 38.3 Å². The van der Waals surface area contributed by atoms with Crippen molar-refractivity contribution in [2.75, 3.05) is 6.73 Å². The average molecular weight is 113 g/mol. The van der Waals surface area contributed by atoms with Crippen LogP contribution in [0.15, 0.2) is 11.8 Å². The molecule has 0 saturated heterocycles. The first kappa shape index (κ1) is 5.15. The quantitative estimate of drug-likeness (QED) is 0.480. The molecule has 0 aromatic rings. The summed E-state index contributed by atoms with van der Waals surface area (Å²) in [7, 11) is 0. The molecule has 8 heavy (non-hydrogen) atoms. The van der Waals surface area contributed by atoms with Crippen LogP contribution in [-0.4, -0.2) is 12.6 Å². The second kappa shape index (κ2) is 1.86. The van der Waals surface area contributed by atoms with Gasteiger partial charge in [0, 0.05) is 5.57 Å². The van der Waals surface area contributed by atoms with Gasteiger partial charge >= 0.3 is 0 Å². The minimum absolute atomic E-state index is 0.0451. The lowest BCUT2D eigenvalue weighted by atomic mass is 10.3. The first-order chi connectivity index (χ1) is 3.80. The third-order valence-corrected chi connectivity index (χ3v) is 0.934. The highest BCUT2D eigenvalue weighted by atomic mass is 16.5. The Balaban J connectivity index is 2.67. The predicted octanol–water partition coefficient (Wildman–Crippen LogP) is -0.00590. The number of nitrogens with one attached hydrogen (secondary N) is 1. The molecule has 0 aromatic carbocycles. The van der Waals surface area contributed by atoms with Crippen molar-refractivity contribution < 1.29 is 9.53 Å². The monoisotopic (exact) mass is 113 g/mol. The molecule has 0 saturated carbocycles. The molecular weight excluding hydrogens is 106 g/mol. The van der Waals surface area contributed by atoms with E-state index in [1.54, 1.807) is 6.92 Å². The van der Waals surface area contributed by atoms with Crippen LogP contribution < -0.4 is 5.32 Å². The summed E-state index contributed by atoms with van der Waals surface area (Å²) in [6.45, 7) is 2.00.